The Kier molecular flexibility index (Phi) is 2.90. The monoisotopic (exact) mass is 222 g/mol. The smallest absolute Gasteiger partial charge is 0.308 e. The molecule has 1 N–H and O–H groups in total. The molecule has 0 aromatic heterocycles. The van der Waals surface area contributed by atoms with Crippen LogP contribution in [0.3, 0.4) is 0 Å². The highest BCUT2D eigenvalue weighted by Crippen LogP contribution is 2.31. The summed E-state index contributed by atoms with van der Waals surface area (Å²) in [5, 5.41) is 9.26. The van der Waals surface area contributed by atoms with Crippen molar-refractivity contribution in [1.29, 1.82) is 0 Å². The van der Waals surface area contributed by atoms with Gasteiger partial charge in [-0.3, -0.25) is 4.79 Å². The summed E-state index contributed by atoms with van der Waals surface area (Å²) >= 11 is 3.28. The van der Waals surface area contributed by atoms with Gasteiger partial charge in [0.05, 0.1) is 19.1 Å². The number of aliphatic hydroxyl groups excluding tert-OH is 1. The first-order valence-electron chi connectivity index (χ1n) is 3.55. The molecule has 4 heteroatoms. The molecule has 1 saturated carbocycles. The molecular weight excluding hydrogens is 212 g/mol. The standard InChI is InChI=1S/C7H11BrO3/c1-11-7(10)4-2-5(8)6(9)3-4/h4-6,9H,2-3H2,1H3/t4-,5+,6+/m0/s1. The molecule has 0 aromatic rings. The Morgan fingerprint density at radius 1 is 1.64 bits per heavy atom. The minimum Gasteiger partial charge on any atom is -0.469 e. The number of hydrogen-bond acceptors (Lipinski definition) is 3. The highest BCUT2D eigenvalue weighted by molar-refractivity contribution is 9.09. The van der Waals surface area contributed by atoms with Gasteiger partial charge < -0.3 is 9.84 Å². The first kappa shape index (κ1) is 9.00. The lowest BCUT2D eigenvalue weighted by atomic mass is 10.1. The number of rotatable bonds is 1. The lowest BCUT2D eigenvalue weighted by Crippen LogP contribution is -2.13. The van der Waals surface area contributed by atoms with Crippen LogP contribution in [-0.4, -0.2) is 29.1 Å². The summed E-state index contributed by atoms with van der Waals surface area (Å²) < 4.78 is 4.56. The molecule has 64 valence electrons. The van der Waals surface area contributed by atoms with Crippen molar-refractivity contribution in [2.45, 2.75) is 23.8 Å². The normalized spacial score (nSPS) is 37.2. The zero-order chi connectivity index (χ0) is 8.43. The first-order valence-corrected chi connectivity index (χ1v) is 4.46. The molecule has 0 aliphatic heterocycles. The molecule has 1 aliphatic rings. The fourth-order valence-corrected chi connectivity index (χ4v) is 1.99. The van der Waals surface area contributed by atoms with Crippen molar-refractivity contribution >= 4 is 21.9 Å². The van der Waals surface area contributed by atoms with Gasteiger partial charge in [0.2, 0.25) is 0 Å². The summed E-state index contributed by atoms with van der Waals surface area (Å²) in [6.45, 7) is 0. The molecule has 1 fully saturated rings. The van der Waals surface area contributed by atoms with E-state index in [2.05, 4.69) is 20.7 Å². The molecule has 3 nitrogen and oxygen atoms in total. The van der Waals surface area contributed by atoms with Crippen LogP contribution in [-0.2, 0) is 9.53 Å². The molecule has 0 spiro atoms. The van der Waals surface area contributed by atoms with Crippen molar-refractivity contribution in [2.24, 2.45) is 5.92 Å². The predicted octanol–water partition coefficient (Wildman–Crippen LogP) is 0.694. The number of ether oxygens (including phenoxy) is 1. The Bertz CT molecular complexity index is 150. The fraction of sp³-hybridized carbons (Fsp3) is 0.857. The van der Waals surface area contributed by atoms with Gasteiger partial charge in [0, 0.05) is 4.83 Å². The molecular formula is C7H11BrO3. The van der Waals surface area contributed by atoms with Crippen molar-refractivity contribution in [3.63, 3.8) is 0 Å². The summed E-state index contributed by atoms with van der Waals surface area (Å²) in [4.78, 5) is 11.0. The molecule has 3 atom stereocenters. The van der Waals surface area contributed by atoms with Crippen LogP contribution in [0.1, 0.15) is 12.8 Å². The maximum Gasteiger partial charge on any atom is 0.308 e. The van der Waals surface area contributed by atoms with Crippen molar-refractivity contribution in [1.82, 2.24) is 0 Å². The molecule has 1 rings (SSSR count). The largest absolute Gasteiger partial charge is 0.469 e. The second kappa shape index (κ2) is 3.54. The average molecular weight is 223 g/mol. The quantitative estimate of drug-likeness (QED) is 0.525. The van der Waals surface area contributed by atoms with Gasteiger partial charge in [0.1, 0.15) is 0 Å². The summed E-state index contributed by atoms with van der Waals surface area (Å²) in [6, 6.07) is 0. The second-order valence-electron chi connectivity index (χ2n) is 2.77. The second-order valence-corrected chi connectivity index (χ2v) is 3.95. The number of alkyl halides is 1. The number of methoxy groups -OCH3 is 1. The summed E-state index contributed by atoms with van der Waals surface area (Å²) in [7, 11) is 1.37. The predicted molar refractivity (Wildman–Crippen MR) is 43.5 cm³/mol. The number of esters is 1. The van der Waals surface area contributed by atoms with Gasteiger partial charge in [0.25, 0.3) is 0 Å². The summed E-state index contributed by atoms with van der Waals surface area (Å²) in [5.74, 6) is -0.342. The fourth-order valence-electron chi connectivity index (χ4n) is 1.32. The Labute approximate surface area is 73.9 Å². The summed E-state index contributed by atoms with van der Waals surface area (Å²) in [5.41, 5.74) is 0. The third-order valence-electron chi connectivity index (χ3n) is 1.99. The van der Waals surface area contributed by atoms with Gasteiger partial charge >= 0.3 is 5.97 Å². The van der Waals surface area contributed by atoms with Crippen LogP contribution in [0.5, 0.6) is 0 Å². The number of carbonyl (C=O) groups excluding carboxylic acids is 1. The highest BCUT2D eigenvalue weighted by Gasteiger charge is 2.35. The van der Waals surface area contributed by atoms with E-state index in [4.69, 9.17) is 0 Å². The maximum absolute atomic E-state index is 11.0. The Morgan fingerprint density at radius 2 is 2.27 bits per heavy atom. The Morgan fingerprint density at radius 3 is 2.64 bits per heavy atom. The van der Waals surface area contributed by atoms with Crippen LogP contribution in [0.4, 0.5) is 0 Å². The molecule has 11 heavy (non-hydrogen) atoms. The van der Waals surface area contributed by atoms with Crippen molar-refractivity contribution in [3.8, 4) is 0 Å². The number of carbonyl (C=O) groups is 1. The van der Waals surface area contributed by atoms with E-state index in [9.17, 15) is 9.90 Å². The van der Waals surface area contributed by atoms with Crippen LogP contribution < -0.4 is 0 Å². The van der Waals surface area contributed by atoms with E-state index in [-0.39, 0.29) is 16.7 Å². The minimum absolute atomic E-state index is 0.0478. The molecule has 0 unspecified atom stereocenters. The van der Waals surface area contributed by atoms with Gasteiger partial charge in [-0.1, -0.05) is 15.9 Å². The van der Waals surface area contributed by atoms with Gasteiger partial charge in [-0.2, -0.15) is 0 Å². The van der Waals surface area contributed by atoms with Gasteiger partial charge in [-0.05, 0) is 12.8 Å². The van der Waals surface area contributed by atoms with Crippen LogP contribution in [0, 0.1) is 5.92 Å². The Hall–Kier alpha value is -0.0900. The van der Waals surface area contributed by atoms with E-state index in [1.807, 2.05) is 0 Å². The molecule has 1 aliphatic carbocycles. The lowest BCUT2D eigenvalue weighted by molar-refractivity contribution is -0.145. The van der Waals surface area contributed by atoms with E-state index in [0.29, 0.717) is 12.8 Å². The van der Waals surface area contributed by atoms with Gasteiger partial charge in [-0.25, -0.2) is 0 Å². The molecule has 0 saturated heterocycles. The van der Waals surface area contributed by atoms with Crippen LogP contribution in [0.15, 0.2) is 0 Å². The average Bonchev–Trinajstić information content (AvgIpc) is 2.31. The molecule has 0 radical (unpaired) electrons. The van der Waals surface area contributed by atoms with Crippen LogP contribution >= 0.6 is 15.9 Å². The third kappa shape index (κ3) is 1.93. The summed E-state index contributed by atoms with van der Waals surface area (Å²) in [6.07, 6.45) is 0.787. The molecule has 0 amide bonds. The maximum atomic E-state index is 11.0. The van der Waals surface area contributed by atoms with Crippen molar-refractivity contribution in [2.75, 3.05) is 7.11 Å². The first-order chi connectivity index (χ1) is 5.15. The van der Waals surface area contributed by atoms with Gasteiger partial charge in [0.15, 0.2) is 0 Å². The molecule has 0 bridgehead atoms. The number of aliphatic hydroxyl groups is 1. The van der Waals surface area contributed by atoms with Crippen molar-refractivity contribution < 1.29 is 14.6 Å². The lowest BCUT2D eigenvalue weighted by Gasteiger charge is -2.04. The minimum atomic E-state index is -0.404. The topological polar surface area (TPSA) is 46.5 Å². The van der Waals surface area contributed by atoms with E-state index < -0.39 is 6.10 Å². The van der Waals surface area contributed by atoms with E-state index >= 15 is 0 Å². The van der Waals surface area contributed by atoms with E-state index in [1.165, 1.54) is 7.11 Å². The van der Waals surface area contributed by atoms with E-state index in [1.54, 1.807) is 0 Å². The van der Waals surface area contributed by atoms with Crippen LogP contribution in [0.2, 0.25) is 0 Å². The zero-order valence-corrected chi connectivity index (χ0v) is 7.87. The van der Waals surface area contributed by atoms with Crippen molar-refractivity contribution in [3.05, 3.63) is 0 Å². The number of hydrogen-bond donors (Lipinski definition) is 1. The highest BCUT2D eigenvalue weighted by atomic mass is 79.9. The van der Waals surface area contributed by atoms with Crippen LogP contribution in [0.25, 0.3) is 0 Å². The molecule has 0 aromatic carbocycles. The number of halogens is 1. The third-order valence-corrected chi connectivity index (χ3v) is 2.97. The Balaban J connectivity index is 2.46. The van der Waals surface area contributed by atoms with Gasteiger partial charge in [-0.15, -0.1) is 0 Å². The molecule has 0 heterocycles. The zero-order valence-electron chi connectivity index (χ0n) is 6.29. The SMILES string of the molecule is COC(=O)[C@@H]1C[C@@H](O)[C@H](Br)C1. The van der Waals surface area contributed by atoms with E-state index in [0.717, 1.165) is 0 Å².